The predicted molar refractivity (Wildman–Crippen MR) is 175 cm³/mol. The van der Waals surface area contributed by atoms with Crippen LogP contribution in [0.1, 0.15) is 0 Å². The number of pyridine rings is 1. The summed E-state index contributed by atoms with van der Waals surface area (Å²) < 4.78 is 13.3. The Labute approximate surface area is 247 Å². The van der Waals surface area contributed by atoms with Gasteiger partial charge in [-0.25, -0.2) is 0 Å². The average Bonchev–Trinajstić information content (AvgIpc) is 3.65. The Morgan fingerprint density at radius 3 is 2.26 bits per heavy atom. The van der Waals surface area contributed by atoms with Crippen molar-refractivity contribution in [3.63, 3.8) is 0 Å². The normalized spacial score (nSPS) is 12.9. The third-order valence-corrected chi connectivity index (χ3v) is 8.35. The fourth-order valence-corrected chi connectivity index (χ4v) is 6.38. The number of para-hydroxylation sites is 4. The first kappa shape index (κ1) is 23.9. The number of nitrogens with zero attached hydrogens (tertiary/aromatic N) is 3. The van der Waals surface area contributed by atoms with Crippen LogP contribution in [0.3, 0.4) is 0 Å². The molecule has 0 atom stereocenters. The van der Waals surface area contributed by atoms with Crippen molar-refractivity contribution in [2.75, 3.05) is 16.5 Å². The van der Waals surface area contributed by atoms with Gasteiger partial charge >= 0.3 is 0 Å². The van der Waals surface area contributed by atoms with Gasteiger partial charge in [-0.3, -0.25) is 4.98 Å². The first-order valence-electron chi connectivity index (χ1n) is 14.4. The summed E-state index contributed by atoms with van der Waals surface area (Å²) in [6.07, 6.45) is 1.83. The summed E-state index contributed by atoms with van der Waals surface area (Å²) in [5.41, 5.74) is 7.13. The summed E-state index contributed by atoms with van der Waals surface area (Å²) in [7, 11) is 0. The standard InChI is InChI=1S/C38H25N3O2/c1-2-11-26(12-3-1)40-24-41(33-17-6-5-16-32(33)40)27-13-8-14-28(22-27)42-35-23-31-29(20-19-25-10-9-21-39-37(25)31)38-36(35)30-15-4-7-18-34(30)43-38/h1-23H,24H2. The van der Waals surface area contributed by atoms with E-state index in [4.69, 9.17) is 14.1 Å². The van der Waals surface area contributed by atoms with Gasteiger partial charge in [-0.2, -0.15) is 0 Å². The topological polar surface area (TPSA) is 41.7 Å². The maximum absolute atomic E-state index is 6.79. The SMILES string of the molecule is c1ccc(N2CN(c3cccc(Oc4cc5c(ccc6cccnc65)c5oc6ccccc6c45)c3)c3ccccc32)cc1. The Bertz CT molecular complexity index is 2330. The van der Waals surface area contributed by atoms with Gasteiger partial charge in [-0.1, -0.05) is 66.7 Å². The van der Waals surface area contributed by atoms with Crippen LogP contribution in [0.2, 0.25) is 0 Å². The summed E-state index contributed by atoms with van der Waals surface area (Å²) in [4.78, 5) is 9.40. The van der Waals surface area contributed by atoms with Gasteiger partial charge in [-0.15, -0.1) is 0 Å². The Hall–Kier alpha value is -5.81. The van der Waals surface area contributed by atoms with Crippen molar-refractivity contribution >= 4 is 66.4 Å². The quantitative estimate of drug-likeness (QED) is 0.202. The molecule has 1 aliphatic rings. The minimum Gasteiger partial charge on any atom is -0.456 e. The monoisotopic (exact) mass is 555 g/mol. The molecular weight excluding hydrogens is 530 g/mol. The van der Waals surface area contributed by atoms with E-state index < -0.39 is 0 Å². The molecule has 0 saturated carbocycles. The van der Waals surface area contributed by atoms with Crippen molar-refractivity contribution in [2.45, 2.75) is 0 Å². The summed E-state index contributed by atoms with van der Waals surface area (Å²) in [6.45, 7) is 0.705. The molecule has 9 rings (SSSR count). The smallest absolute Gasteiger partial charge is 0.147 e. The van der Waals surface area contributed by atoms with Crippen molar-refractivity contribution in [1.29, 1.82) is 0 Å². The minimum atomic E-state index is 0.705. The minimum absolute atomic E-state index is 0.705. The summed E-state index contributed by atoms with van der Waals surface area (Å²) in [6, 6.07) is 45.9. The van der Waals surface area contributed by atoms with E-state index in [9.17, 15) is 0 Å². The van der Waals surface area contributed by atoms with Gasteiger partial charge in [0.25, 0.3) is 0 Å². The third-order valence-electron chi connectivity index (χ3n) is 8.35. The summed E-state index contributed by atoms with van der Waals surface area (Å²) in [5.74, 6) is 1.50. The van der Waals surface area contributed by atoms with Crippen LogP contribution in [0.15, 0.2) is 144 Å². The van der Waals surface area contributed by atoms with E-state index in [0.717, 1.165) is 72.2 Å². The van der Waals surface area contributed by atoms with Crippen LogP contribution < -0.4 is 14.5 Å². The molecule has 5 heteroatoms. The maximum atomic E-state index is 6.79. The highest BCUT2D eigenvalue weighted by Gasteiger charge is 2.28. The highest BCUT2D eigenvalue weighted by molar-refractivity contribution is 6.22. The van der Waals surface area contributed by atoms with Gasteiger partial charge in [0.15, 0.2) is 0 Å². The first-order chi connectivity index (χ1) is 21.3. The van der Waals surface area contributed by atoms with Crippen LogP contribution in [0.4, 0.5) is 22.7 Å². The van der Waals surface area contributed by atoms with Crippen molar-refractivity contribution in [2.24, 2.45) is 0 Å². The van der Waals surface area contributed by atoms with Crippen LogP contribution in [0.25, 0.3) is 43.6 Å². The number of hydrogen-bond acceptors (Lipinski definition) is 5. The molecule has 0 aliphatic carbocycles. The molecule has 1 aliphatic heterocycles. The van der Waals surface area contributed by atoms with Gasteiger partial charge in [0.1, 0.15) is 29.3 Å². The van der Waals surface area contributed by atoms with E-state index in [1.54, 1.807) is 0 Å². The number of fused-ring (bicyclic) bond motifs is 8. The lowest BCUT2D eigenvalue weighted by Gasteiger charge is -2.22. The zero-order chi connectivity index (χ0) is 28.3. The molecule has 0 bridgehead atoms. The predicted octanol–water partition coefficient (Wildman–Crippen LogP) is 10.3. The molecule has 0 saturated heterocycles. The van der Waals surface area contributed by atoms with Gasteiger partial charge in [0, 0.05) is 45.2 Å². The molecule has 204 valence electrons. The lowest BCUT2D eigenvalue weighted by molar-refractivity contribution is 0.489. The van der Waals surface area contributed by atoms with E-state index in [2.05, 4.69) is 113 Å². The Morgan fingerprint density at radius 1 is 0.605 bits per heavy atom. The zero-order valence-electron chi connectivity index (χ0n) is 23.1. The highest BCUT2D eigenvalue weighted by atomic mass is 16.5. The number of benzene rings is 6. The van der Waals surface area contributed by atoms with E-state index in [1.807, 2.05) is 36.5 Å². The molecular formula is C38H25N3O2. The van der Waals surface area contributed by atoms with Gasteiger partial charge in [0.05, 0.1) is 22.3 Å². The number of anilines is 4. The molecule has 0 amide bonds. The van der Waals surface area contributed by atoms with Crippen LogP contribution >= 0.6 is 0 Å². The molecule has 0 radical (unpaired) electrons. The van der Waals surface area contributed by atoms with Crippen LogP contribution in [-0.4, -0.2) is 11.7 Å². The molecule has 0 spiro atoms. The number of ether oxygens (including phenoxy) is 1. The number of hydrogen-bond donors (Lipinski definition) is 0. The van der Waals surface area contributed by atoms with Crippen molar-refractivity contribution in [3.05, 3.63) is 140 Å². The molecule has 6 aromatic carbocycles. The Morgan fingerprint density at radius 2 is 1.37 bits per heavy atom. The van der Waals surface area contributed by atoms with Crippen molar-refractivity contribution < 1.29 is 9.15 Å². The van der Waals surface area contributed by atoms with Gasteiger partial charge in [-0.05, 0) is 60.7 Å². The summed E-state index contributed by atoms with van der Waals surface area (Å²) >= 11 is 0. The Balaban J connectivity index is 1.18. The first-order valence-corrected chi connectivity index (χ1v) is 14.4. The fourth-order valence-electron chi connectivity index (χ4n) is 6.38. The second kappa shape index (κ2) is 9.36. The lowest BCUT2D eigenvalue weighted by Crippen LogP contribution is -2.23. The molecule has 0 N–H and O–H groups in total. The molecule has 5 nitrogen and oxygen atoms in total. The summed E-state index contributed by atoms with van der Waals surface area (Å²) in [5, 5.41) is 5.09. The van der Waals surface area contributed by atoms with Gasteiger partial charge in [0.2, 0.25) is 0 Å². The lowest BCUT2D eigenvalue weighted by atomic mass is 10.0. The van der Waals surface area contributed by atoms with Crippen molar-refractivity contribution in [3.8, 4) is 11.5 Å². The highest BCUT2D eigenvalue weighted by Crippen LogP contribution is 2.46. The second-order valence-corrected chi connectivity index (χ2v) is 10.8. The fraction of sp³-hybridized carbons (Fsp3) is 0.0263. The molecule has 2 aromatic heterocycles. The number of rotatable bonds is 4. The number of aromatic nitrogens is 1. The van der Waals surface area contributed by atoms with E-state index in [0.29, 0.717) is 6.67 Å². The van der Waals surface area contributed by atoms with Crippen LogP contribution in [-0.2, 0) is 0 Å². The largest absolute Gasteiger partial charge is 0.456 e. The van der Waals surface area contributed by atoms with E-state index >= 15 is 0 Å². The zero-order valence-corrected chi connectivity index (χ0v) is 23.1. The third kappa shape index (κ3) is 3.75. The molecule has 8 aromatic rings. The van der Waals surface area contributed by atoms with Crippen molar-refractivity contribution in [1.82, 2.24) is 4.98 Å². The van der Waals surface area contributed by atoms with Crippen LogP contribution in [0.5, 0.6) is 11.5 Å². The maximum Gasteiger partial charge on any atom is 0.147 e. The second-order valence-electron chi connectivity index (χ2n) is 10.8. The Kier molecular flexibility index (Phi) is 5.19. The molecule has 3 heterocycles. The van der Waals surface area contributed by atoms with Crippen LogP contribution in [0, 0.1) is 0 Å². The molecule has 43 heavy (non-hydrogen) atoms. The number of furan rings is 1. The van der Waals surface area contributed by atoms with Gasteiger partial charge < -0.3 is 19.0 Å². The average molecular weight is 556 g/mol. The molecule has 0 fully saturated rings. The molecule has 0 unspecified atom stereocenters. The van der Waals surface area contributed by atoms with E-state index in [-0.39, 0.29) is 0 Å². The van der Waals surface area contributed by atoms with E-state index in [1.165, 1.54) is 5.69 Å².